The maximum atomic E-state index is 2.30. The molecule has 1 aromatic heterocycles. The minimum Gasteiger partial charge on any atom is -1.00 e. The van der Waals surface area contributed by atoms with Gasteiger partial charge in [0.05, 0.1) is 13.1 Å². The first kappa shape index (κ1) is 14.5. The predicted molar refractivity (Wildman–Crippen MR) is 59.1 cm³/mol. The first-order valence-electron chi connectivity index (χ1n) is 5.91. The zero-order valence-corrected chi connectivity index (χ0v) is 10.7. The Morgan fingerprint density at radius 2 is 1.80 bits per heavy atom. The third-order valence-electron chi connectivity index (χ3n) is 2.54. The predicted octanol–water partition coefficient (Wildman–Crippen LogP) is -0.230. The molecule has 0 aliphatic rings. The second-order valence-corrected chi connectivity index (χ2v) is 3.95. The molecule has 0 fully saturated rings. The summed E-state index contributed by atoms with van der Waals surface area (Å²) >= 11 is 0. The molecule has 0 N–H and O–H groups in total. The Morgan fingerprint density at radius 3 is 2.47 bits per heavy atom. The van der Waals surface area contributed by atoms with Crippen molar-refractivity contribution in [3.8, 4) is 0 Å². The number of hydrogen-bond acceptors (Lipinski definition) is 0. The monoisotopic (exact) mass is 230 g/mol. The Morgan fingerprint density at radius 1 is 1.07 bits per heavy atom. The van der Waals surface area contributed by atoms with Crippen molar-refractivity contribution >= 4 is 0 Å². The van der Waals surface area contributed by atoms with E-state index < -0.39 is 0 Å². The van der Waals surface area contributed by atoms with Gasteiger partial charge in [0.15, 0.2) is 0 Å². The number of nitrogens with zero attached hydrogens (tertiary/aromatic N) is 2. The van der Waals surface area contributed by atoms with Crippen LogP contribution in [0.3, 0.4) is 0 Å². The smallest absolute Gasteiger partial charge is 0.243 e. The maximum Gasteiger partial charge on any atom is 0.243 e. The lowest BCUT2D eigenvalue weighted by Gasteiger charge is -1.95. The highest BCUT2D eigenvalue weighted by Gasteiger charge is 2.01. The van der Waals surface area contributed by atoms with Crippen LogP contribution in [-0.2, 0) is 13.1 Å². The van der Waals surface area contributed by atoms with Gasteiger partial charge in [0.1, 0.15) is 12.4 Å². The number of rotatable bonds is 7. The highest BCUT2D eigenvalue weighted by Crippen LogP contribution is 1.97. The first-order valence-corrected chi connectivity index (χ1v) is 5.91. The molecule has 0 radical (unpaired) electrons. The van der Waals surface area contributed by atoms with Crippen molar-refractivity contribution in [2.75, 3.05) is 0 Å². The summed E-state index contributed by atoms with van der Waals surface area (Å²) in [6, 6.07) is 0. The van der Waals surface area contributed by atoms with E-state index in [1.54, 1.807) is 0 Å². The highest BCUT2D eigenvalue weighted by atomic mass is 35.5. The fourth-order valence-electron chi connectivity index (χ4n) is 1.59. The summed E-state index contributed by atoms with van der Waals surface area (Å²) in [7, 11) is 0. The average molecular weight is 231 g/mol. The van der Waals surface area contributed by atoms with E-state index in [-0.39, 0.29) is 12.4 Å². The third-order valence-corrected chi connectivity index (χ3v) is 2.54. The normalized spacial score (nSPS) is 10.0. The highest BCUT2D eigenvalue weighted by molar-refractivity contribution is 4.65. The molecule has 0 amide bonds. The molecule has 0 aliphatic heterocycles. The topological polar surface area (TPSA) is 8.81 Å². The number of hydrogen-bond donors (Lipinski definition) is 0. The van der Waals surface area contributed by atoms with Crippen molar-refractivity contribution in [2.24, 2.45) is 0 Å². The van der Waals surface area contributed by atoms with E-state index in [1.165, 1.54) is 38.6 Å². The lowest BCUT2D eigenvalue weighted by molar-refractivity contribution is -0.696. The molecule has 15 heavy (non-hydrogen) atoms. The molecule has 1 heterocycles. The van der Waals surface area contributed by atoms with Gasteiger partial charge in [-0.25, -0.2) is 9.13 Å². The maximum absolute atomic E-state index is 2.30. The van der Waals surface area contributed by atoms with E-state index >= 15 is 0 Å². The molecule has 1 aromatic rings. The lowest BCUT2D eigenvalue weighted by Crippen LogP contribution is -3.00. The van der Waals surface area contributed by atoms with E-state index in [4.69, 9.17) is 0 Å². The third kappa shape index (κ3) is 5.83. The average Bonchev–Trinajstić information content (AvgIpc) is 2.63. The molecule has 0 saturated carbocycles. The summed E-state index contributed by atoms with van der Waals surface area (Å²) in [6.45, 7) is 6.82. The van der Waals surface area contributed by atoms with Gasteiger partial charge in [-0.05, 0) is 19.3 Å². The summed E-state index contributed by atoms with van der Waals surface area (Å²) < 4.78 is 4.58. The van der Waals surface area contributed by atoms with E-state index in [1.807, 2.05) is 0 Å². The SMILES string of the molecule is CCCCCn1cc[n+](CCCC)c1.[Cl-]. The summed E-state index contributed by atoms with van der Waals surface area (Å²) in [5, 5.41) is 0. The molecule has 0 aromatic carbocycles. The quantitative estimate of drug-likeness (QED) is 0.452. The van der Waals surface area contributed by atoms with Crippen LogP contribution in [-0.4, -0.2) is 4.57 Å². The number of aromatic nitrogens is 2. The molecule has 2 nitrogen and oxygen atoms in total. The molecule has 88 valence electrons. The lowest BCUT2D eigenvalue weighted by atomic mass is 10.2. The number of halogens is 1. The van der Waals surface area contributed by atoms with Gasteiger partial charge in [-0.1, -0.05) is 26.7 Å². The van der Waals surface area contributed by atoms with Gasteiger partial charge < -0.3 is 12.4 Å². The fourth-order valence-corrected chi connectivity index (χ4v) is 1.59. The summed E-state index contributed by atoms with van der Waals surface area (Å²) in [5.74, 6) is 0. The van der Waals surface area contributed by atoms with Crippen molar-refractivity contribution in [1.82, 2.24) is 4.57 Å². The molecule has 0 aliphatic carbocycles. The van der Waals surface area contributed by atoms with E-state index in [2.05, 4.69) is 41.7 Å². The van der Waals surface area contributed by atoms with Gasteiger partial charge in [0.25, 0.3) is 0 Å². The summed E-state index contributed by atoms with van der Waals surface area (Å²) in [6.07, 6.45) is 13.1. The van der Waals surface area contributed by atoms with Crippen LogP contribution in [0.15, 0.2) is 18.7 Å². The van der Waals surface area contributed by atoms with Crippen molar-refractivity contribution in [2.45, 2.75) is 59.0 Å². The Labute approximate surface area is 99.7 Å². The first-order chi connectivity index (χ1) is 6.86. The number of imidazole rings is 1. The molecule has 0 unspecified atom stereocenters. The van der Waals surface area contributed by atoms with Crippen LogP contribution >= 0.6 is 0 Å². The summed E-state index contributed by atoms with van der Waals surface area (Å²) in [4.78, 5) is 0. The molecule has 1 rings (SSSR count). The Hall–Kier alpha value is -0.500. The van der Waals surface area contributed by atoms with Gasteiger partial charge in [-0.2, -0.15) is 0 Å². The fraction of sp³-hybridized carbons (Fsp3) is 0.750. The van der Waals surface area contributed by atoms with Gasteiger partial charge in [-0.3, -0.25) is 0 Å². The van der Waals surface area contributed by atoms with E-state index in [9.17, 15) is 0 Å². The molecule has 0 bridgehead atoms. The Kier molecular flexibility index (Phi) is 8.49. The Bertz CT molecular complexity index is 246. The van der Waals surface area contributed by atoms with Crippen molar-refractivity contribution in [3.05, 3.63) is 18.7 Å². The van der Waals surface area contributed by atoms with Gasteiger partial charge in [0, 0.05) is 0 Å². The van der Waals surface area contributed by atoms with Crippen LogP contribution in [0.25, 0.3) is 0 Å². The van der Waals surface area contributed by atoms with Crippen LogP contribution in [0.1, 0.15) is 46.0 Å². The van der Waals surface area contributed by atoms with Crippen LogP contribution in [0.4, 0.5) is 0 Å². The zero-order chi connectivity index (χ0) is 10.2. The largest absolute Gasteiger partial charge is 1.00 e. The zero-order valence-electron chi connectivity index (χ0n) is 9.95. The molecular formula is C12H23ClN2. The molecule has 0 atom stereocenters. The summed E-state index contributed by atoms with van der Waals surface area (Å²) in [5.41, 5.74) is 0. The minimum absolute atomic E-state index is 0. The number of aryl methyl sites for hydroxylation is 2. The van der Waals surface area contributed by atoms with Gasteiger partial charge >= 0.3 is 0 Å². The second kappa shape index (κ2) is 8.78. The molecular weight excluding hydrogens is 208 g/mol. The molecule has 3 heteroatoms. The second-order valence-electron chi connectivity index (χ2n) is 3.95. The van der Waals surface area contributed by atoms with Crippen molar-refractivity contribution in [3.63, 3.8) is 0 Å². The molecule has 0 saturated heterocycles. The molecule has 0 spiro atoms. The Balaban J connectivity index is 0.00000196. The van der Waals surface area contributed by atoms with Gasteiger partial charge in [-0.15, -0.1) is 0 Å². The number of unbranched alkanes of at least 4 members (excludes halogenated alkanes) is 3. The van der Waals surface area contributed by atoms with E-state index in [0.717, 1.165) is 6.54 Å². The van der Waals surface area contributed by atoms with Crippen molar-refractivity contribution < 1.29 is 17.0 Å². The van der Waals surface area contributed by atoms with Crippen LogP contribution < -0.4 is 17.0 Å². The minimum atomic E-state index is 0. The van der Waals surface area contributed by atoms with Crippen LogP contribution in [0.2, 0.25) is 0 Å². The van der Waals surface area contributed by atoms with Crippen LogP contribution in [0.5, 0.6) is 0 Å². The van der Waals surface area contributed by atoms with E-state index in [0.29, 0.717) is 0 Å². The van der Waals surface area contributed by atoms with Crippen molar-refractivity contribution in [1.29, 1.82) is 0 Å². The van der Waals surface area contributed by atoms with Gasteiger partial charge in [0.2, 0.25) is 6.33 Å². The standard InChI is InChI=1S/C12H23N2.ClH/c1-3-5-7-9-14-11-10-13(12-14)8-6-4-2;/h10-12H,3-9H2,1-2H3;1H/q+1;/p-1. The van der Waals surface area contributed by atoms with Crippen LogP contribution in [0, 0.1) is 0 Å².